The lowest BCUT2D eigenvalue weighted by Crippen LogP contribution is -2.17. The van der Waals surface area contributed by atoms with E-state index in [4.69, 9.17) is 8.83 Å². The molecular weight excluding hydrogens is 731 g/mol. The second-order valence-electron chi connectivity index (χ2n) is 16.4. The number of rotatable bonds is 6. The third kappa shape index (κ3) is 5.22. The number of hydrogen-bond acceptors (Lipinski definition) is 3. The van der Waals surface area contributed by atoms with E-state index in [0.29, 0.717) is 0 Å². The molecule has 0 saturated heterocycles. The Morgan fingerprint density at radius 3 is 1.75 bits per heavy atom. The second kappa shape index (κ2) is 13.2. The van der Waals surface area contributed by atoms with Gasteiger partial charge < -0.3 is 13.7 Å². The Morgan fingerprint density at radius 1 is 0.367 bits per heavy atom. The first kappa shape index (κ1) is 34.4. The summed E-state index contributed by atoms with van der Waals surface area (Å²) in [5.74, 6) is 0. The van der Waals surface area contributed by atoms with Crippen LogP contribution in [0.15, 0.2) is 209 Å². The summed E-state index contributed by atoms with van der Waals surface area (Å²) in [6.45, 7) is 4.70. The normalized spacial score (nSPS) is 13.0. The van der Waals surface area contributed by atoms with E-state index in [1.54, 1.807) is 0 Å². The van der Waals surface area contributed by atoms with Gasteiger partial charge in [-0.25, -0.2) is 0 Å². The van der Waals surface area contributed by atoms with Gasteiger partial charge in [0, 0.05) is 43.9 Å². The van der Waals surface area contributed by atoms with Crippen LogP contribution in [0.4, 0.5) is 17.1 Å². The van der Waals surface area contributed by atoms with Gasteiger partial charge in [-0.2, -0.15) is 0 Å². The van der Waals surface area contributed by atoms with Crippen LogP contribution < -0.4 is 4.90 Å². The molecule has 0 aliphatic heterocycles. The van der Waals surface area contributed by atoms with E-state index in [1.165, 1.54) is 27.8 Å². The van der Waals surface area contributed by atoms with Crippen molar-refractivity contribution in [3.05, 3.63) is 211 Å². The SMILES string of the molecule is CC1(C)c2ccccc2-c2ccc(N(c3ccc(-c4cccc5oc6ccccc6c45)cc3)c3ccc4oc5ccccc5c4c3-c3cccc(-c4ccccc4)c3)cc21. The average Bonchev–Trinajstić information content (AvgIpc) is 3.95. The summed E-state index contributed by atoms with van der Waals surface area (Å²) in [7, 11) is 0. The minimum atomic E-state index is -0.166. The summed E-state index contributed by atoms with van der Waals surface area (Å²) in [6.07, 6.45) is 0. The van der Waals surface area contributed by atoms with Crippen LogP contribution in [0.25, 0.3) is 88.4 Å². The summed E-state index contributed by atoms with van der Waals surface area (Å²) >= 11 is 0. The lowest BCUT2D eigenvalue weighted by atomic mass is 9.82. The van der Waals surface area contributed by atoms with E-state index in [9.17, 15) is 0 Å². The number of benzene rings is 9. The summed E-state index contributed by atoms with van der Waals surface area (Å²) in [6, 6.07) is 72.0. The minimum absolute atomic E-state index is 0.166. The van der Waals surface area contributed by atoms with Crippen molar-refractivity contribution in [2.45, 2.75) is 19.3 Å². The zero-order valence-electron chi connectivity index (χ0n) is 33.3. The summed E-state index contributed by atoms with van der Waals surface area (Å²) < 4.78 is 12.9. The number of fused-ring (bicyclic) bond motifs is 9. The Bertz CT molecular complexity index is 3460. The molecular formula is C57H39NO2. The van der Waals surface area contributed by atoms with Crippen LogP contribution in [-0.4, -0.2) is 0 Å². The summed E-state index contributed by atoms with van der Waals surface area (Å²) in [5.41, 5.74) is 18.7. The Kier molecular flexibility index (Phi) is 7.58. The molecule has 3 heteroatoms. The van der Waals surface area contributed by atoms with Crippen molar-refractivity contribution in [1.82, 2.24) is 0 Å². The van der Waals surface area contributed by atoms with Crippen LogP contribution in [0.2, 0.25) is 0 Å². The van der Waals surface area contributed by atoms with Crippen LogP contribution >= 0.6 is 0 Å². The topological polar surface area (TPSA) is 29.5 Å². The van der Waals surface area contributed by atoms with E-state index in [1.807, 2.05) is 18.2 Å². The molecule has 1 aliphatic carbocycles. The molecule has 3 nitrogen and oxygen atoms in total. The fourth-order valence-electron chi connectivity index (χ4n) is 9.83. The maximum Gasteiger partial charge on any atom is 0.136 e. The van der Waals surface area contributed by atoms with Gasteiger partial charge in [0.2, 0.25) is 0 Å². The van der Waals surface area contributed by atoms with E-state index >= 15 is 0 Å². The molecule has 60 heavy (non-hydrogen) atoms. The fourth-order valence-corrected chi connectivity index (χ4v) is 9.83. The van der Waals surface area contributed by atoms with E-state index < -0.39 is 0 Å². The molecule has 0 atom stereocenters. The van der Waals surface area contributed by atoms with Crippen molar-refractivity contribution in [1.29, 1.82) is 0 Å². The maximum atomic E-state index is 6.60. The van der Waals surface area contributed by atoms with Gasteiger partial charge in [-0.3, -0.25) is 0 Å². The molecule has 2 aromatic heterocycles. The highest BCUT2D eigenvalue weighted by molar-refractivity contribution is 6.17. The van der Waals surface area contributed by atoms with Gasteiger partial charge in [-0.05, 0) is 111 Å². The zero-order valence-corrected chi connectivity index (χ0v) is 33.3. The molecule has 12 rings (SSSR count). The molecule has 0 radical (unpaired) electrons. The van der Waals surface area contributed by atoms with Crippen LogP contribution in [0.1, 0.15) is 25.0 Å². The first-order valence-electron chi connectivity index (χ1n) is 20.7. The first-order valence-corrected chi connectivity index (χ1v) is 20.7. The average molecular weight is 770 g/mol. The molecule has 9 aromatic carbocycles. The minimum Gasteiger partial charge on any atom is -0.456 e. The Balaban J connectivity index is 1.11. The van der Waals surface area contributed by atoms with Crippen LogP contribution in [0, 0.1) is 0 Å². The summed E-state index contributed by atoms with van der Waals surface area (Å²) in [5, 5.41) is 4.45. The molecule has 0 fully saturated rings. The van der Waals surface area contributed by atoms with Crippen molar-refractivity contribution >= 4 is 60.9 Å². The van der Waals surface area contributed by atoms with Gasteiger partial charge in [0.05, 0.1) is 5.69 Å². The second-order valence-corrected chi connectivity index (χ2v) is 16.4. The van der Waals surface area contributed by atoms with Crippen LogP contribution in [0.5, 0.6) is 0 Å². The fraction of sp³-hybridized carbons (Fsp3) is 0.0526. The van der Waals surface area contributed by atoms with Gasteiger partial charge in [0.25, 0.3) is 0 Å². The highest BCUT2D eigenvalue weighted by Crippen LogP contribution is 2.53. The largest absolute Gasteiger partial charge is 0.456 e. The summed E-state index contributed by atoms with van der Waals surface area (Å²) in [4.78, 5) is 2.45. The number of anilines is 3. The Labute approximate surface area is 348 Å². The lowest BCUT2D eigenvalue weighted by Gasteiger charge is -2.30. The molecule has 0 saturated carbocycles. The molecule has 0 bridgehead atoms. The Hall–Kier alpha value is -7.62. The predicted molar refractivity (Wildman–Crippen MR) is 250 cm³/mol. The predicted octanol–water partition coefficient (Wildman–Crippen LogP) is 16.3. The van der Waals surface area contributed by atoms with Crippen molar-refractivity contribution in [2.24, 2.45) is 0 Å². The zero-order chi connectivity index (χ0) is 40.0. The van der Waals surface area contributed by atoms with E-state index in [2.05, 4.69) is 201 Å². The third-order valence-corrected chi connectivity index (χ3v) is 12.7. The molecule has 0 N–H and O–H groups in total. The van der Waals surface area contributed by atoms with Crippen molar-refractivity contribution < 1.29 is 8.83 Å². The quantitative estimate of drug-likeness (QED) is 0.169. The number of hydrogen-bond donors (Lipinski definition) is 0. The molecule has 0 amide bonds. The molecule has 1 aliphatic rings. The van der Waals surface area contributed by atoms with Gasteiger partial charge in [0.1, 0.15) is 22.3 Å². The first-order chi connectivity index (χ1) is 29.5. The van der Waals surface area contributed by atoms with Gasteiger partial charge in [-0.1, -0.05) is 153 Å². The molecule has 0 spiro atoms. The van der Waals surface area contributed by atoms with Crippen molar-refractivity contribution in [3.8, 4) is 44.5 Å². The van der Waals surface area contributed by atoms with Gasteiger partial charge in [-0.15, -0.1) is 0 Å². The molecule has 0 unspecified atom stereocenters. The van der Waals surface area contributed by atoms with E-state index in [-0.39, 0.29) is 5.41 Å². The molecule has 2 heterocycles. The van der Waals surface area contributed by atoms with Crippen molar-refractivity contribution in [2.75, 3.05) is 4.90 Å². The van der Waals surface area contributed by atoms with E-state index in [0.717, 1.165) is 88.8 Å². The molecule has 284 valence electrons. The van der Waals surface area contributed by atoms with Crippen LogP contribution in [0.3, 0.4) is 0 Å². The number of nitrogens with zero attached hydrogens (tertiary/aromatic N) is 1. The smallest absolute Gasteiger partial charge is 0.136 e. The molecule has 11 aromatic rings. The van der Waals surface area contributed by atoms with Gasteiger partial charge >= 0.3 is 0 Å². The highest BCUT2D eigenvalue weighted by Gasteiger charge is 2.36. The number of furan rings is 2. The van der Waals surface area contributed by atoms with Crippen molar-refractivity contribution in [3.63, 3.8) is 0 Å². The standard InChI is InChI=1S/C57H39NO2/c1-57(2)47-22-9-6-18-43(47)44-31-30-41(35-48(44)57)58(40-28-26-37(27-29-40)42-21-13-25-52-55(42)45-19-7-10-23-50(45)59-52)49-32-33-53-56(46-20-8-11-24-51(46)60-53)54(49)39-17-12-16-38(34-39)36-14-4-3-5-15-36/h3-35H,1-2H3. The third-order valence-electron chi connectivity index (χ3n) is 12.7. The lowest BCUT2D eigenvalue weighted by molar-refractivity contribution is 0.660. The van der Waals surface area contributed by atoms with Gasteiger partial charge in [0.15, 0.2) is 0 Å². The maximum absolute atomic E-state index is 6.60. The highest BCUT2D eigenvalue weighted by atomic mass is 16.3. The Morgan fingerprint density at radius 2 is 0.950 bits per heavy atom. The monoisotopic (exact) mass is 769 g/mol. The number of para-hydroxylation sites is 2. The van der Waals surface area contributed by atoms with Crippen LogP contribution in [-0.2, 0) is 5.41 Å².